The minimum atomic E-state index is -0.455. The Bertz CT molecular complexity index is 1480. The summed E-state index contributed by atoms with van der Waals surface area (Å²) < 4.78 is 15.4. The monoisotopic (exact) mass is 534 g/mol. The van der Waals surface area contributed by atoms with Crippen molar-refractivity contribution in [2.75, 3.05) is 5.32 Å². The zero-order valence-corrected chi connectivity index (χ0v) is 21.0. The number of halogens is 2. The molecule has 1 aliphatic rings. The number of nitrogens with one attached hydrogen (secondary N) is 3. The van der Waals surface area contributed by atoms with Crippen molar-refractivity contribution >= 4 is 35.2 Å². The van der Waals surface area contributed by atoms with E-state index in [0.29, 0.717) is 58.3 Å². The summed E-state index contributed by atoms with van der Waals surface area (Å²) in [6, 6.07) is 8.98. The van der Waals surface area contributed by atoms with Crippen LogP contribution in [0, 0.1) is 5.82 Å². The lowest BCUT2D eigenvalue weighted by Gasteiger charge is -2.15. The van der Waals surface area contributed by atoms with Crippen molar-refractivity contribution in [2.45, 2.75) is 38.1 Å². The molecule has 2 bridgehead atoms. The van der Waals surface area contributed by atoms with Crippen LogP contribution in [0.2, 0.25) is 5.02 Å². The average Bonchev–Trinajstić information content (AvgIpc) is 3.59. The normalized spacial score (nSPS) is 16.2. The molecule has 3 N–H and O–H groups in total. The van der Waals surface area contributed by atoms with Crippen LogP contribution in [0.1, 0.15) is 49.5 Å². The summed E-state index contributed by atoms with van der Waals surface area (Å²) >= 11 is 6.17. The highest BCUT2D eigenvalue weighted by molar-refractivity contribution is 6.30. The van der Waals surface area contributed by atoms with E-state index in [1.54, 1.807) is 36.5 Å². The molecule has 0 aliphatic carbocycles. The van der Waals surface area contributed by atoms with Crippen molar-refractivity contribution in [2.24, 2.45) is 0 Å². The number of tetrazole rings is 1. The van der Waals surface area contributed by atoms with Crippen LogP contribution in [0.5, 0.6) is 0 Å². The number of fused-ring (bicyclic) bond motifs is 4. The first-order chi connectivity index (χ1) is 18.5. The van der Waals surface area contributed by atoms with Crippen LogP contribution < -0.4 is 10.6 Å². The zero-order valence-electron chi connectivity index (χ0n) is 20.2. The molecule has 0 saturated carbocycles. The van der Waals surface area contributed by atoms with Crippen LogP contribution >= 0.6 is 11.6 Å². The minimum Gasteiger partial charge on any atom is -0.346 e. The second-order valence-electron chi connectivity index (χ2n) is 8.86. The van der Waals surface area contributed by atoms with Gasteiger partial charge >= 0.3 is 0 Å². The van der Waals surface area contributed by atoms with Gasteiger partial charge in [-0.25, -0.2) is 9.37 Å². The Hall–Kier alpha value is -4.38. The second kappa shape index (κ2) is 11.3. The van der Waals surface area contributed by atoms with Crippen LogP contribution in [0.3, 0.4) is 0 Å². The molecular formula is C26H24ClFN8O2. The summed E-state index contributed by atoms with van der Waals surface area (Å²) in [5.41, 5.74) is 2.81. The van der Waals surface area contributed by atoms with Gasteiger partial charge in [-0.2, -0.15) is 4.68 Å². The van der Waals surface area contributed by atoms with Crippen molar-refractivity contribution in [3.63, 3.8) is 0 Å². The maximum Gasteiger partial charge on any atom is 0.244 e. The van der Waals surface area contributed by atoms with Gasteiger partial charge in [0.1, 0.15) is 18.0 Å². The number of imidazole rings is 1. The van der Waals surface area contributed by atoms with Crippen molar-refractivity contribution in [1.29, 1.82) is 0 Å². The maximum atomic E-state index is 13.9. The Morgan fingerprint density at radius 1 is 1.18 bits per heavy atom. The Morgan fingerprint density at radius 2 is 2.08 bits per heavy atom. The number of rotatable bonds is 4. The third-order valence-electron chi connectivity index (χ3n) is 6.17. The van der Waals surface area contributed by atoms with E-state index in [-0.39, 0.29) is 11.8 Å². The largest absolute Gasteiger partial charge is 0.346 e. The van der Waals surface area contributed by atoms with E-state index in [1.807, 2.05) is 0 Å². The maximum absolute atomic E-state index is 13.9. The Morgan fingerprint density at radius 3 is 2.92 bits per heavy atom. The first-order valence-corrected chi connectivity index (χ1v) is 12.5. The van der Waals surface area contributed by atoms with Crippen LogP contribution in [0.4, 0.5) is 10.1 Å². The third kappa shape index (κ3) is 5.94. The number of H-pyrrole nitrogens is 1. The molecular weight excluding hydrogens is 511 g/mol. The number of aromatic nitrogens is 6. The van der Waals surface area contributed by atoms with E-state index in [1.165, 1.54) is 29.2 Å². The molecule has 5 rings (SSSR count). The quantitative estimate of drug-likeness (QED) is 0.327. The van der Waals surface area contributed by atoms with Crippen LogP contribution in [-0.4, -0.2) is 42.0 Å². The average molecular weight is 535 g/mol. The van der Waals surface area contributed by atoms with Gasteiger partial charge in [-0.15, -0.1) is 5.10 Å². The number of aromatic amines is 1. The first-order valence-electron chi connectivity index (χ1n) is 12.1. The highest BCUT2D eigenvalue weighted by Crippen LogP contribution is 2.30. The molecule has 4 aromatic rings. The predicted octanol–water partition coefficient (Wildman–Crippen LogP) is 4.62. The molecule has 2 amide bonds. The molecule has 0 spiro atoms. The number of benzene rings is 2. The number of amides is 2. The smallest absolute Gasteiger partial charge is 0.244 e. The van der Waals surface area contributed by atoms with Gasteiger partial charge in [0.2, 0.25) is 11.8 Å². The Kier molecular flexibility index (Phi) is 7.55. The molecule has 10 nitrogen and oxygen atoms in total. The highest BCUT2D eigenvalue weighted by atomic mass is 35.5. The van der Waals surface area contributed by atoms with E-state index in [9.17, 15) is 14.0 Å². The van der Waals surface area contributed by atoms with E-state index in [0.717, 1.165) is 12.8 Å². The van der Waals surface area contributed by atoms with Gasteiger partial charge in [0.25, 0.3) is 0 Å². The molecule has 12 heteroatoms. The zero-order chi connectivity index (χ0) is 26.5. The van der Waals surface area contributed by atoms with Gasteiger partial charge in [-0.1, -0.05) is 24.4 Å². The first kappa shape index (κ1) is 25.3. The number of carbonyl (C=O) groups excluding carboxylic acids is 2. The third-order valence-corrected chi connectivity index (χ3v) is 6.41. The fourth-order valence-corrected chi connectivity index (χ4v) is 4.50. The summed E-state index contributed by atoms with van der Waals surface area (Å²) in [4.78, 5) is 33.2. The highest BCUT2D eigenvalue weighted by Gasteiger charge is 2.20. The number of anilines is 1. The lowest BCUT2D eigenvalue weighted by molar-refractivity contribution is -0.117. The summed E-state index contributed by atoms with van der Waals surface area (Å²) in [6.07, 6.45) is 9.39. The van der Waals surface area contributed by atoms with Gasteiger partial charge in [-0.3, -0.25) is 9.59 Å². The van der Waals surface area contributed by atoms with Crippen LogP contribution in [0.15, 0.2) is 55.0 Å². The van der Waals surface area contributed by atoms with Gasteiger partial charge < -0.3 is 15.6 Å². The summed E-state index contributed by atoms with van der Waals surface area (Å²) in [6.45, 7) is 0. The molecule has 0 fully saturated rings. The van der Waals surface area contributed by atoms with Gasteiger partial charge in [0.05, 0.1) is 23.1 Å². The predicted molar refractivity (Wildman–Crippen MR) is 140 cm³/mol. The van der Waals surface area contributed by atoms with Crippen LogP contribution in [-0.2, 0) is 9.59 Å². The molecule has 0 unspecified atom stereocenters. The van der Waals surface area contributed by atoms with E-state index in [4.69, 9.17) is 11.6 Å². The summed E-state index contributed by atoms with van der Waals surface area (Å²) in [7, 11) is 0. The lowest BCUT2D eigenvalue weighted by Crippen LogP contribution is -2.27. The molecule has 0 radical (unpaired) electrons. The molecule has 1 atom stereocenters. The standard InChI is InChI=1S/C26H24ClFN8O2/c27-17-7-10-23(36-15-30-34-35-36)16(12-17)6-11-25(38)31-20-4-2-1-3-5-24(37)32-21-13-18(28)8-9-19(21)22-14-29-26(20)33-22/h6-15,20H,1-5H2,(H,29,33)(H,31,38)(H,32,37)/b11-6+/t20-/m0/s1. The van der Waals surface area contributed by atoms with Crippen molar-refractivity contribution in [3.05, 3.63) is 77.2 Å². The molecule has 1 aliphatic heterocycles. The van der Waals surface area contributed by atoms with Crippen LogP contribution in [0.25, 0.3) is 23.0 Å². The Labute approximate surface area is 222 Å². The summed E-state index contributed by atoms with van der Waals surface area (Å²) in [5, 5.41) is 17.5. The van der Waals surface area contributed by atoms with Gasteiger partial charge in [0.15, 0.2) is 0 Å². The van der Waals surface area contributed by atoms with Crippen molar-refractivity contribution < 1.29 is 14.0 Å². The molecule has 2 aromatic heterocycles. The molecule has 3 heterocycles. The van der Waals surface area contributed by atoms with E-state index in [2.05, 4.69) is 36.1 Å². The Balaban J connectivity index is 1.39. The molecule has 0 saturated heterocycles. The minimum absolute atomic E-state index is 0.177. The molecule has 38 heavy (non-hydrogen) atoms. The van der Waals surface area contributed by atoms with Gasteiger partial charge in [0, 0.05) is 34.8 Å². The SMILES string of the molecule is O=C(/C=C/c1cc(Cl)ccc1-n1cnnn1)N[C@H]1CCCCCC(=O)Nc2cc(F)ccc2-c2c[nH]c1n2. The number of hydrogen-bond donors (Lipinski definition) is 3. The van der Waals surface area contributed by atoms with Gasteiger partial charge in [-0.05, 0) is 65.7 Å². The number of hydrogen-bond acceptors (Lipinski definition) is 6. The van der Waals surface area contributed by atoms with E-state index < -0.39 is 11.9 Å². The lowest BCUT2D eigenvalue weighted by atomic mass is 10.1. The second-order valence-corrected chi connectivity index (χ2v) is 9.30. The van der Waals surface area contributed by atoms with Crippen molar-refractivity contribution in [3.8, 4) is 16.9 Å². The fraction of sp³-hybridized carbons (Fsp3) is 0.231. The topological polar surface area (TPSA) is 130 Å². The number of carbonyl (C=O) groups is 2. The molecule has 2 aromatic carbocycles. The van der Waals surface area contributed by atoms with Crippen molar-refractivity contribution in [1.82, 2.24) is 35.5 Å². The fourth-order valence-electron chi connectivity index (χ4n) is 4.32. The summed E-state index contributed by atoms with van der Waals surface area (Å²) in [5.74, 6) is -0.383. The molecule has 194 valence electrons. The number of nitrogens with zero attached hydrogens (tertiary/aromatic N) is 5. The van der Waals surface area contributed by atoms with E-state index >= 15 is 0 Å².